The minimum absolute atomic E-state index is 0.0348. The lowest BCUT2D eigenvalue weighted by atomic mass is 10.2. The van der Waals surface area contributed by atoms with Crippen LogP contribution in [0.3, 0.4) is 0 Å². The number of hydrogen-bond acceptors (Lipinski definition) is 5. The molecule has 6 heteroatoms. The number of aliphatic hydroxyl groups is 1. The first-order chi connectivity index (χ1) is 8.67. The lowest BCUT2D eigenvalue weighted by Gasteiger charge is -2.22. The summed E-state index contributed by atoms with van der Waals surface area (Å²) in [6.45, 7) is 2.15. The highest BCUT2D eigenvalue weighted by Gasteiger charge is 2.33. The molecule has 0 unspecified atom stereocenters. The SMILES string of the molecule is Cc1cc(NN)c(C(=O)N(CCO)C2CC2)cn1. The number of aliphatic hydroxyl groups excluding tert-OH is 1. The van der Waals surface area contributed by atoms with Gasteiger partial charge in [-0.1, -0.05) is 0 Å². The van der Waals surface area contributed by atoms with Crippen LogP contribution in [0, 0.1) is 6.92 Å². The molecular formula is C12H18N4O2. The minimum Gasteiger partial charge on any atom is -0.395 e. The normalized spacial score (nSPS) is 14.4. The summed E-state index contributed by atoms with van der Waals surface area (Å²) in [7, 11) is 0. The zero-order valence-electron chi connectivity index (χ0n) is 10.4. The molecule has 1 aliphatic rings. The zero-order valence-corrected chi connectivity index (χ0v) is 10.4. The van der Waals surface area contributed by atoms with E-state index < -0.39 is 0 Å². The summed E-state index contributed by atoms with van der Waals surface area (Å²) in [6, 6.07) is 1.98. The first kappa shape index (κ1) is 12.8. The Morgan fingerprint density at radius 2 is 2.39 bits per heavy atom. The predicted octanol–water partition coefficient (Wildman–Crippen LogP) is 0.273. The number of nitrogens with zero attached hydrogens (tertiary/aromatic N) is 2. The van der Waals surface area contributed by atoms with Crippen molar-refractivity contribution in [1.82, 2.24) is 9.88 Å². The van der Waals surface area contributed by atoms with Crippen molar-refractivity contribution in [3.63, 3.8) is 0 Å². The highest BCUT2D eigenvalue weighted by Crippen LogP contribution is 2.29. The maximum Gasteiger partial charge on any atom is 0.257 e. The van der Waals surface area contributed by atoms with Gasteiger partial charge in [0, 0.05) is 24.5 Å². The first-order valence-electron chi connectivity index (χ1n) is 6.02. The van der Waals surface area contributed by atoms with Gasteiger partial charge in [-0.3, -0.25) is 15.6 Å². The Labute approximate surface area is 106 Å². The van der Waals surface area contributed by atoms with Crippen molar-refractivity contribution in [3.8, 4) is 0 Å². The second kappa shape index (κ2) is 5.32. The number of hydrogen-bond donors (Lipinski definition) is 3. The number of anilines is 1. The maximum atomic E-state index is 12.4. The van der Waals surface area contributed by atoms with E-state index >= 15 is 0 Å². The Kier molecular flexibility index (Phi) is 3.78. The summed E-state index contributed by atoms with van der Waals surface area (Å²) in [4.78, 5) is 18.2. The van der Waals surface area contributed by atoms with Gasteiger partial charge in [0.2, 0.25) is 0 Å². The fourth-order valence-corrected chi connectivity index (χ4v) is 1.95. The molecule has 1 aromatic rings. The van der Waals surface area contributed by atoms with Crippen molar-refractivity contribution >= 4 is 11.6 Å². The van der Waals surface area contributed by atoms with E-state index in [2.05, 4.69) is 10.4 Å². The third-order valence-corrected chi connectivity index (χ3v) is 3.02. The molecule has 0 saturated heterocycles. The highest BCUT2D eigenvalue weighted by atomic mass is 16.3. The summed E-state index contributed by atoms with van der Waals surface area (Å²) in [5.41, 5.74) is 4.33. The van der Waals surface area contributed by atoms with Crippen LogP contribution < -0.4 is 11.3 Å². The molecule has 1 saturated carbocycles. The van der Waals surface area contributed by atoms with E-state index in [1.807, 2.05) is 6.92 Å². The summed E-state index contributed by atoms with van der Waals surface area (Å²) < 4.78 is 0. The topological polar surface area (TPSA) is 91.5 Å². The quantitative estimate of drug-likeness (QED) is 0.515. The van der Waals surface area contributed by atoms with Gasteiger partial charge in [-0.15, -0.1) is 0 Å². The fraction of sp³-hybridized carbons (Fsp3) is 0.500. The molecule has 0 radical (unpaired) electrons. The lowest BCUT2D eigenvalue weighted by Crippen LogP contribution is -2.36. The molecule has 0 aromatic carbocycles. The molecule has 0 aliphatic heterocycles. The number of pyridine rings is 1. The molecule has 1 aliphatic carbocycles. The maximum absolute atomic E-state index is 12.4. The van der Waals surface area contributed by atoms with Crippen molar-refractivity contribution in [1.29, 1.82) is 0 Å². The van der Waals surface area contributed by atoms with Crippen LogP contribution in [0.5, 0.6) is 0 Å². The largest absolute Gasteiger partial charge is 0.395 e. The summed E-state index contributed by atoms with van der Waals surface area (Å²) >= 11 is 0. The number of aromatic nitrogens is 1. The molecule has 0 bridgehead atoms. The van der Waals surface area contributed by atoms with Gasteiger partial charge in [-0.2, -0.15) is 0 Å². The number of nitrogen functional groups attached to an aromatic ring is 1. The van der Waals surface area contributed by atoms with Crippen molar-refractivity contribution in [2.45, 2.75) is 25.8 Å². The zero-order chi connectivity index (χ0) is 13.1. The van der Waals surface area contributed by atoms with E-state index in [1.54, 1.807) is 11.0 Å². The van der Waals surface area contributed by atoms with Crippen LogP contribution in [0.2, 0.25) is 0 Å². The van der Waals surface area contributed by atoms with Gasteiger partial charge in [0.25, 0.3) is 5.91 Å². The molecule has 1 fully saturated rings. The molecule has 0 spiro atoms. The van der Waals surface area contributed by atoms with Crippen LogP contribution in [0.25, 0.3) is 0 Å². The van der Waals surface area contributed by atoms with Crippen LogP contribution >= 0.6 is 0 Å². The smallest absolute Gasteiger partial charge is 0.257 e. The summed E-state index contributed by atoms with van der Waals surface area (Å²) in [5, 5.41) is 9.03. The molecule has 98 valence electrons. The molecule has 18 heavy (non-hydrogen) atoms. The Hall–Kier alpha value is -1.66. The van der Waals surface area contributed by atoms with Gasteiger partial charge in [0.05, 0.1) is 17.9 Å². The van der Waals surface area contributed by atoms with Crippen LogP contribution in [-0.4, -0.2) is 40.1 Å². The number of nitrogens with one attached hydrogen (secondary N) is 1. The third-order valence-electron chi connectivity index (χ3n) is 3.02. The third kappa shape index (κ3) is 2.60. The monoisotopic (exact) mass is 250 g/mol. The number of aryl methyl sites for hydroxylation is 1. The van der Waals surface area contributed by atoms with Crippen molar-refractivity contribution in [2.24, 2.45) is 5.84 Å². The van der Waals surface area contributed by atoms with E-state index in [1.165, 1.54) is 6.20 Å². The molecule has 0 atom stereocenters. The predicted molar refractivity (Wildman–Crippen MR) is 67.9 cm³/mol. The van der Waals surface area contributed by atoms with Crippen molar-refractivity contribution in [3.05, 3.63) is 23.5 Å². The van der Waals surface area contributed by atoms with Gasteiger partial charge in [0.1, 0.15) is 0 Å². The summed E-state index contributed by atoms with van der Waals surface area (Å²) in [5.74, 6) is 5.29. The number of carbonyl (C=O) groups excluding carboxylic acids is 1. The van der Waals surface area contributed by atoms with Crippen LogP contribution in [0.4, 0.5) is 5.69 Å². The Balaban J connectivity index is 2.26. The van der Waals surface area contributed by atoms with E-state index in [0.717, 1.165) is 18.5 Å². The Morgan fingerprint density at radius 3 is 2.94 bits per heavy atom. The van der Waals surface area contributed by atoms with Gasteiger partial charge >= 0.3 is 0 Å². The second-order valence-electron chi connectivity index (χ2n) is 4.47. The van der Waals surface area contributed by atoms with Crippen molar-refractivity contribution in [2.75, 3.05) is 18.6 Å². The molecule has 1 aromatic heterocycles. The molecule has 1 amide bonds. The highest BCUT2D eigenvalue weighted by molar-refractivity contribution is 5.99. The van der Waals surface area contributed by atoms with Gasteiger partial charge in [-0.05, 0) is 25.8 Å². The molecule has 1 heterocycles. The Bertz CT molecular complexity index is 446. The number of amides is 1. The standard InChI is InChI=1S/C12H18N4O2/c1-8-6-11(15-13)10(7-14-8)12(18)16(4-5-17)9-2-3-9/h6-7,9,17H,2-5,13H2,1H3,(H,14,15). The molecule has 2 rings (SSSR count). The lowest BCUT2D eigenvalue weighted by molar-refractivity contribution is 0.0708. The number of carbonyl (C=O) groups is 1. The van der Waals surface area contributed by atoms with E-state index in [0.29, 0.717) is 17.8 Å². The fourth-order valence-electron chi connectivity index (χ4n) is 1.95. The van der Waals surface area contributed by atoms with E-state index in [9.17, 15) is 4.79 Å². The average Bonchev–Trinajstić information content (AvgIpc) is 3.19. The molecular weight excluding hydrogens is 232 g/mol. The van der Waals surface area contributed by atoms with E-state index in [4.69, 9.17) is 10.9 Å². The number of hydrazine groups is 1. The number of rotatable bonds is 5. The van der Waals surface area contributed by atoms with Gasteiger partial charge in [-0.25, -0.2) is 0 Å². The van der Waals surface area contributed by atoms with Gasteiger partial charge in [0.15, 0.2) is 0 Å². The second-order valence-corrected chi connectivity index (χ2v) is 4.47. The number of nitrogens with two attached hydrogens (primary N) is 1. The molecule has 4 N–H and O–H groups in total. The van der Waals surface area contributed by atoms with Crippen molar-refractivity contribution < 1.29 is 9.90 Å². The summed E-state index contributed by atoms with van der Waals surface area (Å²) in [6.07, 6.45) is 3.52. The first-order valence-corrected chi connectivity index (χ1v) is 6.02. The van der Waals surface area contributed by atoms with Crippen LogP contribution in [0.15, 0.2) is 12.3 Å². The van der Waals surface area contributed by atoms with Crippen LogP contribution in [0.1, 0.15) is 28.9 Å². The average molecular weight is 250 g/mol. The van der Waals surface area contributed by atoms with E-state index in [-0.39, 0.29) is 18.6 Å². The van der Waals surface area contributed by atoms with Crippen LogP contribution in [-0.2, 0) is 0 Å². The Morgan fingerprint density at radius 1 is 1.67 bits per heavy atom. The minimum atomic E-state index is -0.132. The van der Waals surface area contributed by atoms with Gasteiger partial charge < -0.3 is 15.4 Å². The molecule has 6 nitrogen and oxygen atoms in total.